The van der Waals surface area contributed by atoms with E-state index in [1.807, 2.05) is 69.3 Å². The molecule has 2 aromatic carbocycles. The van der Waals surface area contributed by atoms with Crippen LogP contribution in [0.1, 0.15) is 51.7 Å². The summed E-state index contributed by atoms with van der Waals surface area (Å²) >= 11 is 5.87. The fourth-order valence-corrected chi connectivity index (χ4v) is 3.18. The van der Waals surface area contributed by atoms with Crippen LogP contribution in [0.5, 0.6) is 11.5 Å². The van der Waals surface area contributed by atoms with E-state index in [0.29, 0.717) is 5.75 Å². The number of amides is 1. The first-order chi connectivity index (χ1) is 15.1. The second-order valence-electron chi connectivity index (χ2n) is 8.78. The predicted molar refractivity (Wildman–Crippen MR) is 127 cm³/mol. The van der Waals surface area contributed by atoms with Gasteiger partial charge in [-0.2, -0.15) is 0 Å². The number of hydrogen-bond acceptors (Lipinski definition) is 5. The topological polar surface area (TPSA) is 77.0 Å². The number of aliphatic hydroxyl groups is 1. The number of ether oxygens (including phenoxy) is 3. The molecule has 2 N–H and O–H groups in total. The van der Waals surface area contributed by atoms with Crippen LogP contribution in [-0.4, -0.2) is 41.6 Å². The molecule has 176 valence electrons. The average Bonchev–Trinajstić information content (AvgIpc) is 2.71. The van der Waals surface area contributed by atoms with Gasteiger partial charge in [-0.1, -0.05) is 37.3 Å². The molecule has 0 aliphatic carbocycles. The van der Waals surface area contributed by atoms with E-state index >= 15 is 0 Å². The lowest BCUT2D eigenvalue weighted by Crippen LogP contribution is -2.40. The minimum atomic E-state index is -0.568. The van der Waals surface area contributed by atoms with Gasteiger partial charge in [0.2, 0.25) is 0 Å². The fourth-order valence-electron chi connectivity index (χ4n) is 3.11. The van der Waals surface area contributed by atoms with E-state index in [1.54, 1.807) is 6.92 Å². The van der Waals surface area contributed by atoms with Crippen LogP contribution < -0.4 is 14.8 Å². The van der Waals surface area contributed by atoms with Crippen LogP contribution in [0.2, 0.25) is 0 Å². The SMILES string of the molecule is CC(NC(=O)OC(C)(C)C)Oc1ccccc1C(C)Cc1ccc(OCC(Cl)CO)cc1. The van der Waals surface area contributed by atoms with Gasteiger partial charge in [-0.05, 0) is 69.4 Å². The van der Waals surface area contributed by atoms with Gasteiger partial charge in [-0.15, -0.1) is 11.6 Å². The van der Waals surface area contributed by atoms with Crippen molar-refractivity contribution in [2.24, 2.45) is 0 Å². The summed E-state index contributed by atoms with van der Waals surface area (Å²) in [6.07, 6.45) is -0.250. The molecule has 0 bridgehead atoms. The van der Waals surface area contributed by atoms with Crippen molar-refractivity contribution in [3.05, 3.63) is 59.7 Å². The van der Waals surface area contributed by atoms with Crippen LogP contribution in [0.3, 0.4) is 0 Å². The Morgan fingerprint density at radius 1 is 1.09 bits per heavy atom. The average molecular weight is 464 g/mol. The summed E-state index contributed by atoms with van der Waals surface area (Å²) in [6, 6.07) is 15.7. The quantitative estimate of drug-likeness (QED) is 0.371. The molecule has 3 unspecified atom stereocenters. The molecule has 0 spiro atoms. The first-order valence-corrected chi connectivity index (χ1v) is 11.2. The minimum absolute atomic E-state index is 0.120. The Morgan fingerprint density at radius 3 is 2.38 bits per heavy atom. The third kappa shape index (κ3) is 8.97. The Labute approximate surface area is 195 Å². The van der Waals surface area contributed by atoms with Crippen LogP contribution >= 0.6 is 11.6 Å². The number of carbonyl (C=O) groups is 1. The number of benzene rings is 2. The van der Waals surface area contributed by atoms with E-state index in [4.69, 9.17) is 30.9 Å². The lowest BCUT2D eigenvalue weighted by molar-refractivity contribution is 0.0413. The highest BCUT2D eigenvalue weighted by atomic mass is 35.5. The largest absolute Gasteiger partial charge is 0.492 e. The molecular weight excluding hydrogens is 430 g/mol. The molecule has 0 fully saturated rings. The normalized spacial score (nSPS) is 14.2. The van der Waals surface area contributed by atoms with Crippen LogP contribution in [0.15, 0.2) is 48.5 Å². The van der Waals surface area contributed by atoms with Crippen molar-refractivity contribution in [2.75, 3.05) is 13.2 Å². The van der Waals surface area contributed by atoms with Gasteiger partial charge >= 0.3 is 6.09 Å². The number of halogens is 1. The Balaban J connectivity index is 1.98. The third-order valence-electron chi connectivity index (χ3n) is 4.57. The number of rotatable bonds is 10. The van der Waals surface area contributed by atoms with Crippen molar-refractivity contribution in [3.63, 3.8) is 0 Å². The Hall–Kier alpha value is -2.44. The molecule has 32 heavy (non-hydrogen) atoms. The third-order valence-corrected chi connectivity index (χ3v) is 4.83. The maximum absolute atomic E-state index is 12.0. The summed E-state index contributed by atoms with van der Waals surface area (Å²) in [7, 11) is 0. The Bertz CT molecular complexity index is 850. The maximum atomic E-state index is 12.0. The first kappa shape index (κ1) is 25.8. The molecule has 2 aromatic rings. The standard InChI is InChI=1S/C25H34ClNO5/c1-17(14-19-10-12-21(13-11-19)30-16-20(26)15-28)22-8-6-7-9-23(22)31-18(2)27-24(29)32-25(3,4)5/h6-13,17-18,20,28H,14-16H2,1-5H3,(H,27,29). The number of carbonyl (C=O) groups excluding carboxylic acids is 1. The maximum Gasteiger partial charge on any atom is 0.410 e. The van der Waals surface area contributed by atoms with Gasteiger partial charge in [-0.25, -0.2) is 4.79 Å². The fraction of sp³-hybridized carbons (Fsp3) is 0.480. The van der Waals surface area contributed by atoms with Crippen molar-refractivity contribution in [1.82, 2.24) is 5.32 Å². The van der Waals surface area contributed by atoms with E-state index in [1.165, 1.54) is 0 Å². The van der Waals surface area contributed by atoms with E-state index in [-0.39, 0.29) is 19.1 Å². The van der Waals surface area contributed by atoms with E-state index in [2.05, 4.69) is 12.2 Å². The molecule has 3 atom stereocenters. The zero-order valence-corrected chi connectivity index (χ0v) is 20.2. The summed E-state index contributed by atoms with van der Waals surface area (Å²) in [5.74, 6) is 1.63. The highest BCUT2D eigenvalue weighted by Gasteiger charge is 2.19. The lowest BCUT2D eigenvalue weighted by atomic mass is 9.93. The van der Waals surface area contributed by atoms with Gasteiger partial charge in [0.15, 0.2) is 6.23 Å². The molecule has 0 aromatic heterocycles. The summed E-state index contributed by atoms with van der Waals surface area (Å²) in [4.78, 5) is 12.0. The number of aliphatic hydroxyl groups excluding tert-OH is 1. The molecule has 0 aliphatic rings. The van der Waals surface area contributed by atoms with Crippen LogP contribution in [-0.2, 0) is 11.2 Å². The zero-order chi connectivity index (χ0) is 23.7. The second kappa shape index (κ2) is 12.0. The highest BCUT2D eigenvalue weighted by molar-refractivity contribution is 6.20. The predicted octanol–water partition coefficient (Wildman–Crippen LogP) is 5.26. The minimum Gasteiger partial charge on any atom is -0.492 e. The zero-order valence-electron chi connectivity index (χ0n) is 19.4. The number of nitrogens with one attached hydrogen (secondary N) is 1. The molecule has 0 aliphatic heterocycles. The van der Waals surface area contributed by atoms with Crippen LogP contribution in [0.25, 0.3) is 0 Å². The van der Waals surface area contributed by atoms with E-state index in [9.17, 15) is 4.79 Å². The van der Waals surface area contributed by atoms with Crippen LogP contribution in [0, 0.1) is 0 Å². The molecule has 0 saturated carbocycles. The smallest absolute Gasteiger partial charge is 0.410 e. The van der Waals surface area contributed by atoms with Gasteiger partial charge in [0.05, 0.1) is 12.0 Å². The molecule has 0 saturated heterocycles. The Morgan fingerprint density at radius 2 is 1.75 bits per heavy atom. The summed E-state index contributed by atoms with van der Waals surface area (Å²) < 4.78 is 16.9. The molecule has 0 radical (unpaired) electrons. The molecule has 0 heterocycles. The van der Waals surface area contributed by atoms with Gasteiger partial charge in [0.1, 0.15) is 23.7 Å². The highest BCUT2D eigenvalue weighted by Crippen LogP contribution is 2.30. The van der Waals surface area contributed by atoms with Gasteiger partial charge in [0, 0.05) is 0 Å². The Kier molecular flexibility index (Phi) is 9.66. The van der Waals surface area contributed by atoms with E-state index < -0.39 is 23.3 Å². The van der Waals surface area contributed by atoms with Gasteiger partial charge < -0.3 is 19.3 Å². The van der Waals surface area contributed by atoms with Crippen molar-refractivity contribution >= 4 is 17.7 Å². The second-order valence-corrected chi connectivity index (χ2v) is 9.40. The summed E-state index contributed by atoms with van der Waals surface area (Å²) in [6.45, 7) is 9.50. The van der Waals surface area contributed by atoms with Gasteiger partial charge in [0.25, 0.3) is 0 Å². The first-order valence-electron chi connectivity index (χ1n) is 10.8. The van der Waals surface area contributed by atoms with Crippen molar-refractivity contribution in [1.29, 1.82) is 0 Å². The monoisotopic (exact) mass is 463 g/mol. The van der Waals surface area contributed by atoms with E-state index in [0.717, 1.165) is 23.3 Å². The number of para-hydroxylation sites is 1. The van der Waals surface area contributed by atoms with Crippen LogP contribution in [0.4, 0.5) is 4.79 Å². The summed E-state index contributed by atoms with van der Waals surface area (Å²) in [5.41, 5.74) is 1.64. The van der Waals surface area contributed by atoms with Gasteiger partial charge in [-0.3, -0.25) is 5.32 Å². The van der Waals surface area contributed by atoms with Crippen molar-refractivity contribution < 1.29 is 24.1 Å². The number of alkyl carbamates (subject to hydrolysis) is 1. The number of hydrogen-bond donors (Lipinski definition) is 2. The molecular formula is C25H34ClNO5. The molecule has 7 heteroatoms. The van der Waals surface area contributed by atoms with Crippen molar-refractivity contribution in [2.45, 2.75) is 64.2 Å². The number of alkyl halides is 1. The molecule has 1 amide bonds. The molecule has 6 nitrogen and oxygen atoms in total. The lowest BCUT2D eigenvalue weighted by Gasteiger charge is -2.24. The molecule has 2 rings (SSSR count). The summed E-state index contributed by atoms with van der Waals surface area (Å²) in [5, 5.41) is 11.3. The van der Waals surface area contributed by atoms with Crippen molar-refractivity contribution in [3.8, 4) is 11.5 Å².